The molecule has 0 atom stereocenters. The maximum atomic E-state index is 11.0. The minimum Gasteiger partial charge on any atom is -0.460 e. The summed E-state index contributed by atoms with van der Waals surface area (Å²) in [7, 11) is 0. The molecule has 16 heavy (non-hydrogen) atoms. The summed E-state index contributed by atoms with van der Waals surface area (Å²) in [5.41, 5.74) is 1.90. The lowest BCUT2D eigenvalue weighted by molar-refractivity contribution is 0.105. The smallest absolute Gasteiger partial charge is 0.288 e. The Bertz CT molecular complexity index is 519. The average Bonchev–Trinajstić information content (AvgIpc) is 2.66. The fraction of sp³-hybridized carbons (Fsp3) is 0.0833. The molecule has 0 N–H and O–H groups in total. The number of hydrogen-bond acceptors (Lipinski definition) is 2. The minimum atomic E-state index is -0.560. The first-order valence-electron chi connectivity index (χ1n) is 4.67. The van der Waals surface area contributed by atoms with Crippen LogP contribution in [0.3, 0.4) is 0 Å². The molecule has 2 nitrogen and oxygen atoms in total. The van der Waals surface area contributed by atoms with Gasteiger partial charge in [0.25, 0.3) is 5.24 Å². The van der Waals surface area contributed by atoms with Gasteiger partial charge < -0.3 is 4.42 Å². The molecule has 0 aliphatic heterocycles. The molecular formula is C12H8BrClO2. The van der Waals surface area contributed by atoms with Gasteiger partial charge in [0.05, 0.1) is 6.26 Å². The summed E-state index contributed by atoms with van der Waals surface area (Å²) in [4.78, 5) is 11.0. The first-order valence-corrected chi connectivity index (χ1v) is 5.84. The number of hydrogen-bond donors (Lipinski definition) is 0. The third kappa shape index (κ3) is 2.54. The molecule has 2 aromatic rings. The molecule has 1 heterocycles. The molecule has 1 aromatic heterocycles. The topological polar surface area (TPSA) is 30.2 Å². The van der Waals surface area contributed by atoms with Gasteiger partial charge in [-0.1, -0.05) is 28.1 Å². The zero-order chi connectivity index (χ0) is 11.5. The molecule has 1 aromatic carbocycles. The van der Waals surface area contributed by atoms with E-state index in [-0.39, 0.29) is 5.76 Å². The van der Waals surface area contributed by atoms with Crippen LogP contribution in [-0.4, -0.2) is 5.24 Å². The van der Waals surface area contributed by atoms with Crippen LogP contribution in [0.15, 0.2) is 45.5 Å². The predicted octanol–water partition coefficient (Wildman–Crippen LogP) is 4.01. The largest absolute Gasteiger partial charge is 0.460 e. The van der Waals surface area contributed by atoms with Crippen molar-refractivity contribution in [2.75, 3.05) is 0 Å². The summed E-state index contributed by atoms with van der Waals surface area (Å²) in [5, 5.41) is -0.560. The van der Waals surface area contributed by atoms with Crippen molar-refractivity contribution in [3.8, 4) is 0 Å². The monoisotopic (exact) mass is 298 g/mol. The van der Waals surface area contributed by atoms with E-state index in [1.54, 1.807) is 6.07 Å². The second-order valence-electron chi connectivity index (χ2n) is 3.36. The van der Waals surface area contributed by atoms with Crippen LogP contribution in [0.5, 0.6) is 0 Å². The third-order valence-corrected chi connectivity index (χ3v) is 2.87. The van der Waals surface area contributed by atoms with E-state index >= 15 is 0 Å². The maximum absolute atomic E-state index is 11.0. The lowest BCUT2D eigenvalue weighted by Gasteiger charge is -2.00. The lowest BCUT2D eigenvalue weighted by Crippen LogP contribution is -1.94. The van der Waals surface area contributed by atoms with Gasteiger partial charge in [0.15, 0.2) is 5.76 Å². The first kappa shape index (κ1) is 11.4. The van der Waals surface area contributed by atoms with E-state index in [4.69, 9.17) is 16.0 Å². The van der Waals surface area contributed by atoms with Crippen LogP contribution in [0.1, 0.15) is 21.7 Å². The van der Waals surface area contributed by atoms with Gasteiger partial charge in [-0.2, -0.15) is 0 Å². The highest BCUT2D eigenvalue weighted by Gasteiger charge is 2.13. The maximum Gasteiger partial charge on any atom is 0.288 e. The van der Waals surface area contributed by atoms with Crippen LogP contribution in [0.2, 0.25) is 0 Å². The molecule has 0 unspecified atom stereocenters. The summed E-state index contributed by atoms with van der Waals surface area (Å²) in [6.07, 6.45) is 2.10. The van der Waals surface area contributed by atoms with Crippen molar-refractivity contribution in [2.45, 2.75) is 6.42 Å². The van der Waals surface area contributed by atoms with Crippen molar-refractivity contribution in [1.29, 1.82) is 0 Å². The van der Waals surface area contributed by atoms with Crippen molar-refractivity contribution < 1.29 is 9.21 Å². The van der Waals surface area contributed by atoms with Gasteiger partial charge in [0.1, 0.15) is 0 Å². The zero-order valence-electron chi connectivity index (χ0n) is 8.24. The van der Waals surface area contributed by atoms with E-state index in [0.29, 0.717) is 6.42 Å². The quantitative estimate of drug-likeness (QED) is 0.802. The van der Waals surface area contributed by atoms with Crippen molar-refractivity contribution in [3.63, 3.8) is 0 Å². The zero-order valence-corrected chi connectivity index (χ0v) is 10.6. The Morgan fingerprint density at radius 1 is 1.38 bits per heavy atom. The van der Waals surface area contributed by atoms with Crippen molar-refractivity contribution in [3.05, 3.63) is 58.0 Å². The minimum absolute atomic E-state index is 0.224. The molecule has 82 valence electrons. The van der Waals surface area contributed by atoms with Crippen molar-refractivity contribution in [1.82, 2.24) is 0 Å². The highest BCUT2D eigenvalue weighted by Crippen LogP contribution is 2.19. The molecule has 2 rings (SSSR count). The summed E-state index contributed by atoms with van der Waals surface area (Å²) < 4.78 is 6.04. The molecule has 0 spiro atoms. The van der Waals surface area contributed by atoms with Crippen molar-refractivity contribution >= 4 is 32.8 Å². The van der Waals surface area contributed by atoms with E-state index in [1.165, 1.54) is 6.26 Å². The van der Waals surface area contributed by atoms with E-state index in [1.807, 2.05) is 24.3 Å². The van der Waals surface area contributed by atoms with Crippen molar-refractivity contribution in [2.24, 2.45) is 0 Å². The average molecular weight is 300 g/mol. The summed E-state index contributed by atoms with van der Waals surface area (Å²) in [6, 6.07) is 9.64. The second-order valence-corrected chi connectivity index (χ2v) is 4.61. The van der Waals surface area contributed by atoms with Gasteiger partial charge in [-0.15, -0.1) is 0 Å². The van der Waals surface area contributed by atoms with Gasteiger partial charge in [-0.05, 0) is 35.4 Å². The van der Waals surface area contributed by atoms with Gasteiger partial charge in [-0.25, -0.2) is 0 Å². The number of carbonyl (C=O) groups excluding carboxylic acids is 1. The Morgan fingerprint density at radius 3 is 2.88 bits per heavy atom. The molecule has 0 fully saturated rings. The molecule has 0 saturated heterocycles. The Kier molecular flexibility index (Phi) is 3.46. The number of carbonyl (C=O) groups is 1. The van der Waals surface area contributed by atoms with E-state index in [2.05, 4.69) is 15.9 Å². The van der Waals surface area contributed by atoms with E-state index in [9.17, 15) is 4.79 Å². The van der Waals surface area contributed by atoms with Crippen LogP contribution < -0.4 is 0 Å². The fourth-order valence-corrected chi connectivity index (χ4v) is 2.13. The molecule has 0 bridgehead atoms. The van der Waals surface area contributed by atoms with Crippen LogP contribution >= 0.6 is 27.5 Å². The Hall–Kier alpha value is -1.06. The third-order valence-electron chi connectivity index (χ3n) is 2.21. The predicted molar refractivity (Wildman–Crippen MR) is 65.8 cm³/mol. The summed E-state index contributed by atoms with van der Waals surface area (Å²) in [5.74, 6) is 0.224. The van der Waals surface area contributed by atoms with Gasteiger partial charge >= 0.3 is 0 Å². The number of furan rings is 1. The SMILES string of the molecule is O=C(Cl)c1occc1Cc1cccc(Br)c1. The standard InChI is InChI=1S/C12H8BrClO2/c13-10-3-1-2-8(7-10)6-9-4-5-16-11(9)12(14)15/h1-5,7H,6H2. The molecule has 4 heteroatoms. The second kappa shape index (κ2) is 4.85. The summed E-state index contributed by atoms with van der Waals surface area (Å²) in [6.45, 7) is 0. The molecule has 0 radical (unpaired) electrons. The molecule has 0 saturated carbocycles. The summed E-state index contributed by atoms with van der Waals surface area (Å²) >= 11 is 8.80. The van der Waals surface area contributed by atoms with E-state index < -0.39 is 5.24 Å². The van der Waals surface area contributed by atoms with Crippen LogP contribution in [0.4, 0.5) is 0 Å². The van der Waals surface area contributed by atoms with Crippen LogP contribution in [0.25, 0.3) is 0 Å². The van der Waals surface area contributed by atoms with E-state index in [0.717, 1.165) is 15.6 Å². The number of rotatable bonds is 3. The molecular weight excluding hydrogens is 291 g/mol. The molecule has 0 aliphatic carbocycles. The number of benzene rings is 1. The van der Waals surface area contributed by atoms with Gasteiger partial charge in [-0.3, -0.25) is 4.79 Å². The molecule has 0 aliphatic rings. The fourth-order valence-electron chi connectivity index (χ4n) is 1.51. The Morgan fingerprint density at radius 2 is 2.19 bits per heavy atom. The van der Waals surface area contributed by atoms with Gasteiger partial charge in [0, 0.05) is 16.5 Å². The van der Waals surface area contributed by atoms with Gasteiger partial charge in [0.2, 0.25) is 0 Å². The molecule has 0 amide bonds. The normalized spacial score (nSPS) is 10.4. The Balaban J connectivity index is 2.27. The highest BCUT2D eigenvalue weighted by molar-refractivity contribution is 9.10. The Labute approximate surface area is 106 Å². The lowest BCUT2D eigenvalue weighted by atomic mass is 10.1. The number of halogens is 2. The van der Waals surface area contributed by atoms with Crippen LogP contribution in [0, 0.1) is 0 Å². The first-order chi connectivity index (χ1) is 7.66. The highest BCUT2D eigenvalue weighted by atomic mass is 79.9. The van der Waals surface area contributed by atoms with Crippen LogP contribution in [-0.2, 0) is 6.42 Å².